The van der Waals surface area contributed by atoms with Crippen LogP contribution in [0.4, 0.5) is 4.39 Å². The number of guanidine groups is 1. The summed E-state index contributed by atoms with van der Waals surface area (Å²) in [6, 6.07) is 6.39. The Bertz CT molecular complexity index is 515. The average molecular weight is 350 g/mol. The maximum atomic E-state index is 13.1. The van der Waals surface area contributed by atoms with E-state index in [1.165, 1.54) is 44.5 Å². The van der Waals surface area contributed by atoms with Crippen molar-refractivity contribution in [3.63, 3.8) is 0 Å². The van der Waals surface area contributed by atoms with Gasteiger partial charge in [0.05, 0.1) is 6.54 Å². The second kappa shape index (κ2) is 11.1. The predicted molar refractivity (Wildman–Crippen MR) is 100 cm³/mol. The lowest BCUT2D eigenvalue weighted by molar-refractivity contribution is 0.111. The van der Waals surface area contributed by atoms with Crippen LogP contribution in [-0.4, -0.2) is 57.2 Å². The number of hydrogen-bond acceptors (Lipinski definition) is 3. The van der Waals surface area contributed by atoms with Crippen LogP contribution in [-0.2, 0) is 4.74 Å². The molecule has 0 radical (unpaired) electrons. The summed E-state index contributed by atoms with van der Waals surface area (Å²) in [5.41, 5.74) is 0.928. The molecule has 140 valence electrons. The first-order valence-electron chi connectivity index (χ1n) is 9.25. The van der Waals surface area contributed by atoms with E-state index in [4.69, 9.17) is 4.74 Å². The third-order valence-corrected chi connectivity index (χ3v) is 4.45. The van der Waals surface area contributed by atoms with Gasteiger partial charge in [-0.2, -0.15) is 0 Å². The molecule has 1 heterocycles. The van der Waals surface area contributed by atoms with E-state index >= 15 is 0 Å². The molecule has 6 heteroatoms. The summed E-state index contributed by atoms with van der Waals surface area (Å²) in [7, 11) is 1.65. The van der Waals surface area contributed by atoms with Gasteiger partial charge in [0.1, 0.15) is 11.9 Å². The largest absolute Gasteiger partial charge is 0.375 e. The highest BCUT2D eigenvalue weighted by molar-refractivity contribution is 5.79. The van der Waals surface area contributed by atoms with Crippen LogP contribution in [0, 0.1) is 5.82 Å². The molecule has 1 fully saturated rings. The molecule has 0 aliphatic carbocycles. The minimum Gasteiger partial charge on any atom is -0.375 e. The number of hydrogen-bond donors (Lipinski definition) is 2. The molecular formula is C19H31FN4O. The maximum absolute atomic E-state index is 13.1. The summed E-state index contributed by atoms with van der Waals surface area (Å²) < 4.78 is 18.6. The molecule has 1 aliphatic heterocycles. The second-order valence-corrected chi connectivity index (χ2v) is 6.32. The normalized spacial score (nSPS) is 17.3. The Kier molecular flexibility index (Phi) is 8.69. The molecule has 1 aromatic rings. The lowest BCUT2D eigenvalue weighted by Crippen LogP contribution is -2.42. The first kappa shape index (κ1) is 19.7. The van der Waals surface area contributed by atoms with Crippen molar-refractivity contribution in [1.29, 1.82) is 0 Å². The molecule has 1 atom stereocenters. The van der Waals surface area contributed by atoms with Gasteiger partial charge in [0.15, 0.2) is 5.96 Å². The molecule has 0 bridgehead atoms. The Balaban J connectivity index is 1.84. The highest BCUT2D eigenvalue weighted by Gasteiger charge is 2.12. The summed E-state index contributed by atoms with van der Waals surface area (Å²) >= 11 is 0. The zero-order chi connectivity index (χ0) is 17.9. The van der Waals surface area contributed by atoms with Gasteiger partial charge < -0.3 is 20.3 Å². The molecular weight excluding hydrogens is 319 g/mol. The molecule has 0 amide bonds. The highest BCUT2D eigenvalue weighted by atomic mass is 19.1. The number of benzene rings is 1. The quantitative estimate of drug-likeness (QED) is 0.559. The first-order chi connectivity index (χ1) is 12.2. The molecule has 0 spiro atoms. The number of halogens is 1. The van der Waals surface area contributed by atoms with E-state index in [2.05, 4.69) is 27.4 Å². The number of nitrogens with zero attached hydrogens (tertiary/aromatic N) is 2. The summed E-state index contributed by atoms with van der Waals surface area (Å²) in [5, 5.41) is 6.65. The lowest BCUT2D eigenvalue weighted by Gasteiger charge is -2.26. The van der Waals surface area contributed by atoms with Crippen LogP contribution in [0.2, 0.25) is 0 Å². The lowest BCUT2D eigenvalue weighted by atomic mass is 10.1. The van der Waals surface area contributed by atoms with Gasteiger partial charge in [0.25, 0.3) is 0 Å². The van der Waals surface area contributed by atoms with Crippen LogP contribution in [0.5, 0.6) is 0 Å². The van der Waals surface area contributed by atoms with E-state index in [-0.39, 0.29) is 11.9 Å². The predicted octanol–water partition coefficient (Wildman–Crippen LogP) is 2.55. The van der Waals surface area contributed by atoms with Crippen molar-refractivity contribution in [2.45, 2.75) is 32.3 Å². The van der Waals surface area contributed by atoms with E-state index in [9.17, 15) is 4.39 Å². The Labute approximate surface area is 150 Å². The number of likely N-dealkylation sites (tertiary alicyclic amines) is 1. The minimum atomic E-state index is -0.241. The molecule has 1 saturated heterocycles. The van der Waals surface area contributed by atoms with Crippen LogP contribution in [0.15, 0.2) is 29.3 Å². The van der Waals surface area contributed by atoms with Crippen molar-refractivity contribution in [3.8, 4) is 0 Å². The number of rotatable bonds is 8. The number of ether oxygens (including phenoxy) is 1. The maximum Gasteiger partial charge on any atom is 0.191 e. The fourth-order valence-corrected chi connectivity index (χ4v) is 3.02. The number of aliphatic imine (C=N–C) groups is 1. The molecule has 0 aromatic heterocycles. The smallest absolute Gasteiger partial charge is 0.191 e. The fourth-order valence-electron chi connectivity index (χ4n) is 3.02. The fraction of sp³-hybridized carbons (Fsp3) is 0.632. The standard InChI is InChI=1S/C19H31FN4O/c1-3-21-19(22-11-14-24-12-5-4-6-13-24)23-15-18(25-2)16-7-9-17(20)10-8-16/h7-10,18H,3-6,11-15H2,1-2H3,(H2,21,22,23). The zero-order valence-corrected chi connectivity index (χ0v) is 15.4. The van der Waals surface area contributed by atoms with Crippen molar-refractivity contribution in [2.24, 2.45) is 4.99 Å². The van der Waals surface area contributed by atoms with Crippen molar-refractivity contribution in [2.75, 3.05) is 46.4 Å². The van der Waals surface area contributed by atoms with E-state index in [0.717, 1.165) is 31.2 Å². The Hall–Kier alpha value is -1.66. The summed E-state index contributed by atoms with van der Waals surface area (Å²) in [4.78, 5) is 7.12. The van der Waals surface area contributed by atoms with Gasteiger partial charge in [-0.1, -0.05) is 18.6 Å². The molecule has 1 unspecified atom stereocenters. The van der Waals surface area contributed by atoms with Crippen molar-refractivity contribution < 1.29 is 9.13 Å². The number of methoxy groups -OCH3 is 1. The zero-order valence-electron chi connectivity index (χ0n) is 15.4. The topological polar surface area (TPSA) is 48.9 Å². The first-order valence-corrected chi connectivity index (χ1v) is 9.25. The van der Waals surface area contributed by atoms with Gasteiger partial charge in [-0.3, -0.25) is 4.99 Å². The van der Waals surface area contributed by atoms with E-state index < -0.39 is 0 Å². The Morgan fingerprint density at radius 1 is 1.20 bits per heavy atom. The Morgan fingerprint density at radius 3 is 2.56 bits per heavy atom. The van der Waals surface area contributed by atoms with Gasteiger partial charge in [0, 0.05) is 26.7 Å². The number of piperidine rings is 1. The molecule has 1 aromatic carbocycles. The molecule has 2 N–H and O–H groups in total. The average Bonchev–Trinajstić information content (AvgIpc) is 2.64. The van der Waals surface area contributed by atoms with Crippen LogP contribution < -0.4 is 10.6 Å². The summed E-state index contributed by atoms with van der Waals surface area (Å²) in [6.07, 6.45) is 3.79. The molecule has 25 heavy (non-hydrogen) atoms. The van der Waals surface area contributed by atoms with Crippen LogP contribution in [0.1, 0.15) is 37.9 Å². The molecule has 1 aliphatic rings. The van der Waals surface area contributed by atoms with E-state index in [0.29, 0.717) is 6.54 Å². The molecule has 0 saturated carbocycles. The van der Waals surface area contributed by atoms with Gasteiger partial charge in [-0.15, -0.1) is 0 Å². The van der Waals surface area contributed by atoms with Gasteiger partial charge in [-0.25, -0.2) is 4.39 Å². The van der Waals surface area contributed by atoms with E-state index in [1.54, 1.807) is 19.2 Å². The summed E-state index contributed by atoms with van der Waals surface area (Å²) in [5.74, 6) is 0.554. The third kappa shape index (κ3) is 7.00. The van der Waals surface area contributed by atoms with Gasteiger partial charge >= 0.3 is 0 Å². The van der Waals surface area contributed by atoms with Crippen molar-refractivity contribution >= 4 is 5.96 Å². The minimum absolute atomic E-state index is 0.182. The molecule has 2 rings (SSSR count). The second-order valence-electron chi connectivity index (χ2n) is 6.32. The van der Waals surface area contributed by atoms with Crippen molar-refractivity contribution in [3.05, 3.63) is 35.6 Å². The van der Waals surface area contributed by atoms with Crippen LogP contribution in [0.25, 0.3) is 0 Å². The third-order valence-electron chi connectivity index (χ3n) is 4.45. The summed E-state index contributed by atoms with van der Waals surface area (Å²) in [6.45, 7) is 7.66. The van der Waals surface area contributed by atoms with Crippen LogP contribution >= 0.6 is 0 Å². The van der Waals surface area contributed by atoms with Gasteiger partial charge in [-0.05, 0) is 50.6 Å². The SMILES string of the molecule is CCNC(=NCC(OC)c1ccc(F)cc1)NCCN1CCCCC1. The Morgan fingerprint density at radius 2 is 1.92 bits per heavy atom. The molecule has 5 nitrogen and oxygen atoms in total. The number of nitrogens with one attached hydrogen (secondary N) is 2. The monoisotopic (exact) mass is 350 g/mol. The van der Waals surface area contributed by atoms with E-state index in [1.807, 2.05) is 0 Å². The highest BCUT2D eigenvalue weighted by Crippen LogP contribution is 2.17. The van der Waals surface area contributed by atoms with Crippen LogP contribution in [0.3, 0.4) is 0 Å². The van der Waals surface area contributed by atoms with Gasteiger partial charge in [0.2, 0.25) is 0 Å². The van der Waals surface area contributed by atoms with Crippen molar-refractivity contribution in [1.82, 2.24) is 15.5 Å².